The second-order valence-corrected chi connectivity index (χ2v) is 2.69. The van der Waals surface area contributed by atoms with Crippen LogP contribution in [0.15, 0.2) is 12.8 Å². The van der Waals surface area contributed by atoms with Crippen molar-refractivity contribution in [3.63, 3.8) is 0 Å². The third kappa shape index (κ3) is 5.45. The standard InChI is InChI=1S/C6H8O4S/c1-3-5-6-10-11(7,8)9-4-2/h1,4H,2,5-6H2. The fraction of sp³-hybridized carbons (Fsp3) is 0.333. The molecule has 0 fully saturated rings. The average Bonchev–Trinajstić information content (AvgIpc) is 1.87. The maximum absolute atomic E-state index is 10.5. The highest BCUT2D eigenvalue weighted by atomic mass is 32.3. The van der Waals surface area contributed by atoms with Crippen molar-refractivity contribution in [2.75, 3.05) is 6.61 Å². The average molecular weight is 176 g/mol. The van der Waals surface area contributed by atoms with Gasteiger partial charge in [0.25, 0.3) is 0 Å². The highest BCUT2D eigenvalue weighted by molar-refractivity contribution is 7.81. The summed E-state index contributed by atoms with van der Waals surface area (Å²) in [6, 6.07) is 0. The van der Waals surface area contributed by atoms with E-state index in [1.165, 1.54) is 0 Å². The number of hydrogen-bond acceptors (Lipinski definition) is 4. The van der Waals surface area contributed by atoms with Gasteiger partial charge in [-0.3, -0.25) is 0 Å². The Hall–Kier alpha value is -0.990. The van der Waals surface area contributed by atoms with Crippen LogP contribution in [0.3, 0.4) is 0 Å². The van der Waals surface area contributed by atoms with Crippen LogP contribution in [0.2, 0.25) is 0 Å². The molecule has 0 unspecified atom stereocenters. The molecule has 0 saturated carbocycles. The van der Waals surface area contributed by atoms with Crippen LogP contribution in [-0.4, -0.2) is 15.0 Å². The van der Waals surface area contributed by atoms with Gasteiger partial charge < -0.3 is 4.18 Å². The van der Waals surface area contributed by atoms with Crippen molar-refractivity contribution in [3.05, 3.63) is 12.8 Å². The molecule has 0 radical (unpaired) electrons. The van der Waals surface area contributed by atoms with Gasteiger partial charge in [0.15, 0.2) is 0 Å². The third-order valence-electron chi connectivity index (χ3n) is 0.660. The Kier molecular flexibility index (Phi) is 4.34. The summed E-state index contributed by atoms with van der Waals surface area (Å²) >= 11 is 0. The Bertz CT molecular complexity index is 246. The molecule has 0 aromatic carbocycles. The van der Waals surface area contributed by atoms with E-state index in [1.807, 2.05) is 0 Å². The van der Waals surface area contributed by atoms with E-state index in [0.717, 1.165) is 6.26 Å². The molecular formula is C6H8O4S. The van der Waals surface area contributed by atoms with Gasteiger partial charge in [-0.1, -0.05) is 6.58 Å². The molecule has 0 aliphatic heterocycles. The van der Waals surface area contributed by atoms with Crippen LogP contribution >= 0.6 is 0 Å². The first-order valence-electron chi connectivity index (χ1n) is 2.74. The van der Waals surface area contributed by atoms with E-state index >= 15 is 0 Å². The fourth-order valence-electron chi connectivity index (χ4n) is 0.314. The maximum atomic E-state index is 10.5. The summed E-state index contributed by atoms with van der Waals surface area (Å²) in [5.74, 6) is 2.21. The molecule has 0 bridgehead atoms. The zero-order valence-electron chi connectivity index (χ0n) is 5.82. The summed E-state index contributed by atoms with van der Waals surface area (Å²) in [7, 11) is -3.92. The van der Waals surface area contributed by atoms with Gasteiger partial charge in [0, 0.05) is 6.42 Å². The Labute approximate surface area is 66.1 Å². The molecule has 0 spiro atoms. The largest absolute Gasteiger partial charge is 0.448 e. The lowest BCUT2D eigenvalue weighted by molar-refractivity contribution is 0.265. The molecule has 11 heavy (non-hydrogen) atoms. The van der Waals surface area contributed by atoms with Crippen molar-refractivity contribution < 1.29 is 16.8 Å². The maximum Gasteiger partial charge on any atom is 0.448 e. The normalized spacial score (nSPS) is 10.1. The molecule has 0 heterocycles. The van der Waals surface area contributed by atoms with Gasteiger partial charge in [-0.15, -0.1) is 12.3 Å². The first kappa shape index (κ1) is 10.0. The fourth-order valence-corrected chi connectivity index (χ4v) is 0.823. The van der Waals surface area contributed by atoms with Gasteiger partial charge in [-0.2, -0.15) is 8.42 Å². The quantitative estimate of drug-likeness (QED) is 0.346. The first-order valence-corrected chi connectivity index (χ1v) is 4.07. The molecule has 0 amide bonds. The van der Waals surface area contributed by atoms with Crippen LogP contribution < -0.4 is 0 Å². The van der Waals surface area contributed by atoms with E-state index in [1.54, 1.807) is 0 Å². The molecule has 0 atom stereocenters. The van der Waals surface area contributed by atoms with E-state index in [0.29, 0.717) is 0 Å². The van der Waals surface area contributed by atoms with E-state index in [4.69, 9.17) is 6.42 Å². The molecule has 0 N–H and O–H groups in total. The summed E-state index contributed by atoms with van der Waals surface area (Å²) in [5.41, 5.74) is 0. The van der Waals surface area contributed by atoms with Gasteiger partial charge in [0.2, 0.25) is 0 Å². The van der Waals surface area contributed by atoms with E-state index in [-0.39, 0.29) is 13.0 Å². The highest BCUT2D eigenvalue weighted by Crippen LogP contribution is 1.96. The highest BCUT2D eigenvalue weighted by Gasteiger charge is 2.08. The molecule has 0 saturated heterocycles. The molecular weight excluding hydrogens is 168 g/mol. The Balaban J connectivity index is 3.76. The summed E-state index contributed by atoms with van der Waals surface area (Å²) in [5, 5.41) is 0. The zero-order valence-corrected chi connectivity index (χ0v) is 6.63. The van der Waals surface area contributed by atoms with Gasteiger partial charge in [-0.25, -0.2) is 4.18 Å². The van der Waals surface area contributed by atoms with Crippen molar-refractivity contribution >= 4 is 10.4 Å². The van der Waals surface area contributed by atoms with Crippen LogP contribution in [-0.2, 0) is 18.8 Å². The molecule has 0 aliphatic rings. The van der Waals surface area contributed by atoms with Gasteiger partial charge >= 0.3 is 10.4 Å². The van der Waals surface area contributed by atoms with Crippen LogP contribution in [0.25, 0.3) is 0 Å². The lowest BCUT2D eigenvalue weighted by atomic mass is 10.5. The van der Waals surface area contributed by atoms with Crippen LogP contribution in [0.4, 0.5) is 0 Å². The third-order valence-corrected chi connectivity index (χ3v) is 1.49. The molecule has 5 heteroatoms. The van der Waals surface area contributed by atoms with Crippen molar-refractivity contribution in [2.45, 2.75) is 6.42 Å². The summed E-state index contributed by atoms with van der Waals surface area (Å²) in [6.45, 7) is 2.98. The van der Waals surface area contributed by atoms with Crippen molar-refractivity contribution in [2.24, 2.45) is 0 Å². The lowest BCUT2D eigenvalue weighted by Gasteiger charge is -1.99. The second-order valence-electron chi connectivity index (χ2n) is 1.45. The summed E-state index contributed by atoms with van der Waals surface area (Å²) in [6.07, 6.45) is 5.84. The van der Waals surface area contributed by atoms with Crippen molar-refractivity contribution in [1.29, 1.82) is 0 Å². The van der Waals surface area contributed by atoms with Crippen LogP contribution in [0.5, 0.6) is 0 Å². The minimum atomic E-state index is -3.92. The van der Waals surface area contributed by atoms with Gasteiger partial charge in [0.1, 0.15) is 6.26 Å². The number of hydrogen-bond donors (Lipinski definition) is 0. The van der Waals surface area contributed by atoms with E-state index in [2.05, 4.69) is 20.9 Å². The molecule has 0 aromatic rings. The summed E-state index contributed by atoms with van der Waals surface area (Å²) < 4.78 is 29.3. The molecule has 0 rings (SSSR count). The minimum Gasteiger partial charge on any atom is -0.370 e. The van der Waals surface area contributed by atoms with E-state index < -0.39 is 10.4 Å². The van der Waals surface area contributed by atoms with Crippen molar-refractivity contribution in [3.8, 4) is 12.3 Å². The van der Waals surface area contributed by atoms with E-state index in [9.17, 15) is 8.42 Å². The second kappa shape index (κ2) is 4.77. The Morgan fingerprint density at radius 3 is 2.73 bits per heavy atom. The minimum absolute atomic E-state index is 0.0767. The van der Waals surface area contributed by atoms with Crippen LogP contribution in [0, 0.1) is 12.3 Å². The van der Waals surface area contributed by atoms with Gasteiger partial charge in [0.05, 0.1) is 6.61 Å². The summed E-state index contributed by atoms with van der Waals surface area (Å²) in [4.78, 5) is 0. The van der Waals surface area contributed by atoms with Crippen molar-refractivity contribution in [1.82, 2.24) is 0 Å². The molecule has 0 aliphatic carbocycles. The molecule has 4 nitrogen and oxygen atoms in total. The zero-order chi connectivity index (χ0) is 8.74. The van der Waals surface area contributed by atoms with Crippen LogP contribution in [0.1, 0.15) is 6.42 Å². The lowest BCUT2D eigenvalue weighted by Crippen LogP contribution is -2.07. The Morgan fingerprint density at radius 2 is 2.27 bits per heavy atom. The first-order chi connectivity index (χ1) is 5.12. The number of rotatable bonds is 5. The molecule has 0 aromatic heterocycles. The predicted octanol–water partition coefficient (Wildman–Crippen LogP) is 0.431. The topological polar surface area (TPSA) is 52.6 Å². The monoisotopic (exact) mass is 176 g/mol. The predicted molar refractivity (Wildman–Crippen MR) is 39.6 cm³/mol. The molecule has 62 valence electrons. The Morgan fingerprint density at radius 1 is 1.64 bits per heavy atom. The number of terminal acetylenes is 1. The SMILES string of the molecule is C#CCCOS(=O)(=O)OC=C. The van der Waals surface area contributed by atoms with Gasteiger partial charge in [-0.05, 0) is 0 Å². The smallest absolute Gasteiger partial charge is 0.370 e.